The van der Waals surface area contributed by atoms with E-state index in [1.165, 1.54) is 0 Å². The minimum atomic E-state index is 0.994. The molecule has 0 bridgehead atoms. The van der Waals surface area contributed by atoms with Crippen LogP contribution in [-0.2, 0) is 12.8 Å². The number of aryl methyl sites for hydroxylation is 2. The summed E-state index contributed by atoms with van der Waals surface area (Å²) in [6.07, 6.45) is 3.19. The maximum atomic E-state index is 5.51. The minimum Gasteiger partial charge on any atom is -0.466 e. The van der Waals surface area contributed by atoms with Crippen LogP contribution in [-0.4, -0.2) is 5.33 Å². The van der Waals surface area contributed by atoms with Crippen LogP contribution in [0.25, 0.3) is 0 Å². The van der Waals surface area contributed by atoms with Crippen molar-refractivity contribution in [1.82, 2.24) is 0 Å². The molecule has 0 unspecified atom stereocenters. The molecule has 0 atom stereocenters. The topological polar surface area (TPSA) is 13.1 Å². The molecule has 11 heavy (non-hydrogen) atoms. The third-order valence-electron chi connectivity index (χ3n) is 1.62. The summed E-state index contributed by atoms with van der Waals surface area (Å²) in [6, 6.07) is 4.13. The average molecular weight is 217 g/mol. The molecule has 0 saturated carbocycles. The molecular formula is C9H13BrO. The molecule has 1 aromatic heterocycles. The van der Waals surface area contributed by atoms with Crippen LogP contribution < -0.4 is 0 Å². The summed E-state index contributed by atoms with van der Waals surface area (Å²) in [5.74, 6) is 2.20. The third kappa shape index (κ3) is 2.70. The lowest BCUT2D eigenvalue weighted by molar-refractivity contribution is 0.468. The Kier molecular flexibility index (Phi) is 3.70. The van der Waals surface area contributed by atoms with Crippen molar-refractivity contribution in [2.45, 2.75) is 26.2 Å². The zero-order chi connectivity index (χ0) is 8.10. The van der Waals surface area contributed by atoms with Gasteiger partial charge in [-0.2, -0.15) is 0 Å². The van der Waals surface area contributed by atoms with Crippen molar-refractivity contribution in [1.29, 1.82) is 0 Å². The van der Waals surface area contributed by atoms with Gasteiger partial charge < -0.3 is 4.42 Å². The van der Waals surface area contributed by atoms with Crippen molar-refractivity contribution >= 4 is 15.9 Å². The van der Waals surface area contributed by atoms with Gasteiger partial charge in [0.2, 0.25) is 0 Å². The van der Waals surface area contributed by atoms with Crippen molar-refractivity contribution in [3.8, 4) is 0 Å². The van der Waals surface area contributed by atoms with Gasteiger partial charge in [-0.15, -0.1) is 0 Å². The molecule has 1 heterocycles. The molecule has 0 aliphatic carbocycles. The number of alkyl halides is 1. The maximum absolute atomic E-state index is 5.51. The van der Waals surface area contributed by atoms with Gasteiger partial charge in [0.25, 0.3) is 0 Å². The van der Waals surface area contributed by atoms with E-state index in [0.29, 0.717) is 0 Å². The van der Waals surface area contributed by atoms with E-state index in [4.69, 9.17) is 4.42 Å². The van der Waals surface area contributed by atoms with Crippen LogP contribution >= 0.6 is 15.9 Å². The second kappa shape index (κ2) is 4.60. The van der Waals surface area contributed by atoms with Gasteiger partial charge in [0.05, 0.1) is 0 Å². The predicted molar refractivity (Wildman–Crippen MR) is 50.2 cm³/mol. The van der Waals surface area contributed by atoms with E-state index in [1.54, 1.807) is 0 Å². The van der Waals surface area contributed by atoms with E-state index < -0.39 is 0 Å². The number of hydrogen-bond donors (Lipinski definition) is 0. The first kappa shape index (κ1) is 8.85. The molecule has 0 fully saturated rings. The molecule has 1 aromatic rings. The van der Waals surface area contributed by atoms with Gasteiger partial charge in [-0.25, -0.2) is 0 Å². The Morgan fingerprint density at radius 3 is 2.64 bits per heavy atom. The Balaban J connectivity index is 2.44. The standard InChI is InChI=1S/C9H13BrO/c1-2-8-5-6-9(11-8)4-3-7-10/h5-6H,2-4,7H2,1H3. The first-order valence-corrected chi connectivity index (χ1v) is 5.12. The second-order valence-electron chi connectivity index (χ2n) is 2.51. The van der Waals surface area contributed by atoms with Gasteiger partial charge in [0.1, 0.15) is 11.5 Å². The molecule has 2 heteroatoms. The fourth-order valence-electron chi connectivity index (χ4n) is 0.988. The van der Waals surface area contributed by atoms with Crippen LogP contribution in [0.15, 0.2) is 16.5 Å². The first-order valence-electron chi connectivity index (χ1n) is 4.00. The molecule has 0 aromatic carbocycles. The first-order chi connectivity index (χ1) is 5.36. The smallest absolute Gasteiger partial charge is 0.104 e. The van der Waals surface area contributed by atoms with Gasteiger partial charge in [0.15, 0.2) is 0 Å². The Morgan fingerprint density at radius 2 is 2.09 bits per heavy atom. The lowest BCUT2D eigenvalue weighted by atomic mass is 10.3. The highest BCUT2D eigenvalue weighted by Gasteiger charge is 1.98. The zero-order valence-corrected chi connectivity index (χ0v) is 8.36. The van der Waals surface area contributed by atoms with E-state index in [2.05, 4.69) is 35.0 Å². The Morgan fingerprint density at radius 1 is 1.36 bits per heavy atom. The molecule has 0 aliphatic rings. The van der Waals surface area contributed by atoms with Crippen molar-refractivity contribution in [2.24, 2.45) is 0 Å². The summed E-state index contributed by atoms with van der Waals surface area (Å²) in [4.78, 5) is 0. The monoisotopic (exact) mass is 216 g/mol. The Bertz CT molecular complexity index is 205. The summed E-state index contributed by atoms with van der Waals surface area (Å²) in [5, 5.41) is 1.05. The molecular weight excluding hydrogens is 204 g/mol. The van der Waals surface area contributed by atoms with Crippen LogP contribution in [0.2, 0.25) is 0 Å². The van der Waals surface area contributed by atoms with Gasteiger partial charge >= 0.3 is 0 Å². The number of hydrogen-bond acceptors (Lipinski definition) is 1. The lowest BCUT2D eigenvalue weighted by Gasteiger charge is -1.92. The number of halogens is 1. The minimum absolute atomic E-state index is 0.994. The molecule has 62 valence electrons. The summed E-state index contributed by atoms with van der Waals surface area (Å²) in [5.41, 5.74) is 0. The molecule has 0 radical (unpaired) electrons. The van der Waals surface area contributed by atoms with E-state index >= 15 is 0 Å². The summed E-state index contributed by atoms with van der Waals surface area (Å²) in [6.45, 7) is 2.10. The van der Waals surface area contributed by atoms with Crippen LogP contribution in [0.4, 0.5) is 0 Å². The van der Waals surface area contributed by atoms with Crippen molar-refractivity contribution in [2.75, 3.05) is 5.33 Å². The van der Waals surface area contributed by atoms with E-state index in [-0.39, 0.29) is 0 Å². The van der Waals surface area contributed by atoms with E-state index in [0.717, 1.165) is 36.1 Å². The normalized spacial score (nSPS) is 10.4. The molecule has 0 N–H and O–H groups in total. The fourth-order valence-corrected chi connectivity index (χ4v) is 1.27. The van der Waals surface area contributed by atoms with Crippen molar-refractivity contribution in [3.05, 3.63) is 23.7 Å². The highest BCUT2D eigenvalue weighted by molar-refractivity contribution is 9.09. The van der Waals surface area contributed by atoms with Gasteiger partial charge in [0, 0.05) is 18.2 Å². The average Bonchev–Trinajstić information content (AvgIpc) is 2.48. The molecule has 1 nitrogen and oxygen atoms in total. The number of rotatable bonds is 4. The van der Waals surface area contributed by atoms with Crippen molar-refractivity contribution in [3.63, 3.8) is 0 Å². The molecule has 0 spiro atoms. The summed E-state index contributed by atoms with van der Waals surface area (Å²) in [7, 11) is 0. The van der Waals surface area contributed by atoms with Crippen LogP contribution in [0, 0.1) is 0 Å². The van der Waals surface area contributed by atoms with Gasteiger partial charge in [-0.1, -0.05) is 22.9 Å². The quantitative estimate of drug-likeness (QED) is 0.706. The molecule has 1 rings (SSSR count). The lowest BCUT2D eigenvalue weighted by Crippen LogP contribution is -1.81. The van der Waals surface area contributed by atoms with Crippen LogP contribution in [0.5, 0.6) is 0 Å². The van der Waals surface area contributed by atoms with Gasteiger partial charge in [-0.3, -0.25) is 0 Å². The highest BCUT2D eigenvalue weighted by atomic mass is 79.9. The summed E-state index contributed by atoms with van der Waals surface area (Å²) >= 11 is 3.39. The van der Waals surface area contributed by atoms with Crippen LogP contribution in [0.1, 0.15) is 24.9 Å². The van der Waals surface area contributed by atoms with Gasteiger partial charge in [-0.05, 0) is 18.6 Å². The predicted octanol–water partition coefficient (Wildman–Crippen LogP) is 3.17. The Labute approximate surface area is 75.9 Å². The third-order valence-corrected chi connectivity index (χ3v) is 2.18. The second-order valence-corrected chi connectivity index (χ2v) is 3.31. The summed E-state index contributed by atoms with van der Waals surface area (Å²) < 4.78 is 5.51. The van der Waals surface area contributed by atoms with Crippen LogP contribution in [0.3, 0.4) is 0 Å². The SMILES string of the molecule is CCc1ccc(CCCBr)o1. The fraction of sp³-hybridized carbons (Fsp3) is 0.556. The van der Waals surface area contributed by atoms with E-state index in [1.807, 2.05) is 0 Å². The molecule has 0 saturated heterocycles. The van der Waals surface area contributed by atoms with Crippen molar-refractivity contribution < 1.29 is 4.42 Å². The molecule has 0 amide bonds. The molecule has 0 aliphatic heterocycles. The van der Waals surface area contributed by atoms with E-state index in [9.17, 15) is 0 Å². The number of furan rings is 1. The Hall–Kier alpha value is -0.240. The maximum Gasteiger partial charge on any atom is 0.104 e. The zero-order valence-electron chi connectivity index (χ0n) is 6.77. The largest absolute Gasteiger partial charge is 0.466 e. The highest BCUT2D eigenvalue weighted by Crippen LogP contribution is 2.10.